The fourth-order valence-corrected chi connectivity index (χ4v) is 9.22. The predicted octanol–water partition coefficient (Wildman–Crippen LogP) is 4.55. The van der Waals surface area contributed by atoms with Gasteiger partial charge in [-0.05, 0) is 28.3 Å². The maximum Gasteiger partial charge on any atom is 0.261 e. The lowest BCUT2D eigenvalue weighted by atomic mass is 10.2. The Balaban J connectivity index is 1.85. The molecule has 4 heteroatoms. The number of rotatable bonds is 8. The number of alkyl halides is 1. The summed E-state index contributed by atoms with van der Waals surface area (Å²) in [5.41, 5.74) is 0. The topological polar surface area (TPSA) is 21.8 Å². The first-order chi connectivity index (χ1) is 12.5. The van der Waals surface area contributed by atoms with Crippen LogP contribution in [0.15, 0.2) is 60.7 Å². The average molecular weight is 480 g/mol. The van der Waals surface area contributed by atoms with Crippen LogP contribution in [0, 0.1) is 0 Å². The van der Waals surface area contributed by atoms with Gasteiger partial charge in [-0.1, -0.05) is 104 Å². The van der Waals surface area contributed by atoms with Crippen LogP contribution in [0.4, 0.5) is 0 Å². The van der Waals surface area contributed by atoms with Crippen molar-refractivity contribution in [2.75, 3.05) is 11.0 Å². The van der Waals surface area contributed by atoms with Crippen LogP contribution in [0.3, 0.4) is 0 Å². The summed E-state index contributed by atoms with van der Waals surface area (Å²) in [6, 6.07) is 21.7. The van der Waals surface area contributed by atoms with Crippen LogP contribution in [0.25, 0.3) is 0 Å². The Labute approximate surface area is 172 Å². The van der Waals surface area contributed by atoms with Gasteiger partial charge in [-0.15, -0.1) is 0 Å². The Morgan fingerprint density at radius 2 is 1.46 bits per heavy atom. The van der Waals surface area contributed by atoms with E-state index in [0.29, 0.717) is 12.2 Å². The fourth-order valence-electron chi connectivity index (χ4n) is 3.84. The van der Waals surface area contributed by atoms with Crippen LogP contribution < -0.4 is 10.4 Å². The molecule has 0 aromatic heterocycles. The van der Waals surface area contributed by atoms with E-state index in [-0.39, 0.29) is 5.04 Å². The molecule has 1 aliphatic heterocycles. The Morgan fingerprint density at radius 1 is 0.923 bits per heavy atom. The minimum Gasteiger partial charge on any atom is -0.407 e. The van der Waals surface area contributed by atoms with E-state index in [9.17, 15) is 0 Å². The summed E-state index contributed by atoms with van der Waals surface area (Å²) in [6.45, 7) is 7.78. The zero-order valence-corrected chi connectivity index (χ0v) is 19.1. The minimum atomic E-state index is -2.37. The second-order valence-electron chi connectivity index (χ2n) is 8.02. The monoisotopic (exact) mass is 480 g/mol. The van der Waals surface area contributed by atoms with E-state index in [0.717, 1.165) is 23.9 Å². The number of hydrogen-bond acceptors (Lipinski definition) is 2. The highest BCUT2D eigenvalue weighted by molar-refractivity contribution is 14.1. The number of hydrogen-bond donors (Lipinski definition) is 0. The first-order valence-corrected chi connectivity index (χ1v) is 12.9. The van der Waals surface area contributed by atoms with E-state index in [2.05, 4.69) is 104 Å². The van der Waals surface area contributed by atoms with Gasteiger partial charge >= 0.3 is 0 Å². The fraction of sp³-hybridized carbons (Fsp3) is 0.455. The summed E-state index contributed by atoms with van der Waals surface area (Å²) in [7, 11) is -2.37. The number of epoxide rings is 1. The van der Waals surface area contributed by atoms with Crippen molar-refractivity contribution in [1.82, 2.24) is 0 Å². The van der Waals surface area contributed by atoms with Gasteiger partial charge in [0.25, 0.3) is 8.32 Å². The van der Waals surface area contributed by atoms with Crippen molar-refractivity contribution in [3.63, 3.8) is 0 Å². The maximum absolute atomic E-state index is 6.89. The van der Waals surface area contributed by atoms with Crippen LogP contribution in [-0.4, -0.2) is 31.6 Å². The standard InChI is InChI=1S/C22H29IO2Si/c1-22(2,3)26(18-11-6-4-7-12-18,19-13-8-5-9-14-19)24-16-10-15-20-21(17-23)25-20/h4-9,11-14,20-21H,10,15-17H2,1-3H3/t20-,21-/m0/s1. The molecule has 0 amide bonds. The van der Waals surface area contributed by atoms with E-state index in [4.69, 9.17) is 9.16 Å². The highest BCUT2D eigenvalue weighted by Crippen LogP contribution is 2.37. The number of halogens is 1. The van der Waals surface area contributed by atoms with Crippen molar-refractivity contribution in [3.8, 4) is 0 Å². The van der Waals surface area contributed by atoms with Crippen LogP contribution in [-0.2, 0) is 9.16 Å². The lowest BCUT2D eigenvalue weighted by Gasteiger charge is -2.43. The third-order valence-electron chi connectivity index (χ3n) is 5.21. The lowest BCUT2D eigenvalue weighted by molar-refractivity contribution is 0.277. The third-order valence-corrected chi connectivity index (χ3v) is 11.1. The highest BCUT2D eigenvalue weighted by atomic mass is 127. The first-order valence-electron chi connectivity index (χ1n) is 9.45. The van der Waals surface area contributed by atoms with E-state index < -0.39 is 8.32 Å². The SMILES string of the molecule is CC(C)(C)[Si](OCCC[C@@H]1O[C@H]1CI)(c1ccccc1)c1ccccc1. The zero-order chi connectivity index (χ0) is 18.6. The molecule has 0 bridgehead atoms. The first kappa shape index (κ1) is 20.1. The summed E-state index contributed by atoms with van der Waals surface area (Å²) < 4.78 is 13.7. The second-order valence-corrected chi connectivity index (χ2v) is 13.2. The Bertz CT molecular complexity index is 645. The van der Waals surface area contributed by atoms with Crippen LogP contribution in [0.2, 0.25) is 5.04 Å². The van der Waals surface area contributed by atoms with Gasteiger partial charge in [0.2, 0.25) is 0 Å². The van der Waals surface area contributed by atoms with E-state index >= 15 is 0 Å². The van der Waals surface area contributed by atoms with Crippen molar-refractivity contribution >= 4 is 41.3 Å². The summed E-state index contributed by atoms with van der Waals surface area (Å²) in [5, 5.41) is 2.76. The molecule has 0 unspecified atom stereocenters. The molecule has 0 aliphatic carbocycles. The average Bonchev–Trinajstić information content (AvgIpc) is 3.41. The zero-order valence-electron chi connectivity index (χ0n) is 16.0. The number of ether oxygens (including phenoxy) is 1. The van der Waals surface area contributed by atoms with Gasteiger partial charge < -0.3 is 9.16 Å². The lowest BCUT2D eigenvalue weighted by Crippen LogP contribution is -2.66. The molecular weight excluding hydrogens is 451 g/mol. The summed E-state index contributed by atoms with van der Waals surface area (Å²) >= 11 is 2.41. The van der Waals surface area contributed by atoms with E-state index in [1.165, 1.54) is 10.4 Å². The van der Waals surface area contributed by atoms with Gasteiger partial charge in [-0.3, -0.25) is 0 Å². The molecule has 1 saturated heterocycles. The van der Waals surface area contributed by atoms with Crippen molar-refractivity contribution < 1.29 is 9.16 Å². The maximum atomic E-state index is 6.89. The van der Waals surface area contributed by atoms with Gasteiger partial charge in [-0.25, -0.2) is 0 Å². The van der Waals surface area contributed by atoms with E-state index in [1.54, 1.807) is 0 Å². The molecule has 3 rings (SSSR count). The van der Waals surface area contributed by atoms with Crippen molar-refractivity contribution in [2.24, 2.45) is 0 Å². The third kappa shape index (κ3) is 4.24. The molecule has 0 radical (unpaired) electrons. The van der Waals surface area contributed by atoms with Crippen LogP contribution >= 0.6 is 22.6 Å². The van der Waals surface area contributed by atoms with Gasteiger partial charge in [0.05, 0.1) is 12.2 Å². The quantitative estimate of drug-likeness (QED) is 0.182. The number of benzene rings is 2. The second kappa shape index (κ2) is 8.55. The van der Waals surface area contributed by atoms with Gasteiger partial charge in [0.1, 0.15) is 0 Å². The van der Waals surface area contributed by atoms with Crippen LogP contribution in [0.5, 0.6) is 0 Å². The molecular formula is C22H29IO2Si. The molecule has 140 valence electrons. The van der Waals surface area contributed by atoms with Gasteiger partial charge in [0, 0.05) is 11.0 Å². The molecule has 2 nitrogen and oxygen atoms in total. The summed E-state index contributed by atoms with van der Waals surface area (Å²) in [5.74, 6) is 0. The van der Waals surface area contributed by atoms with Crippen LogP contribution in [0.1, 0.15) is 33.6 Å². The predicted molar refractivity (Wildman–Crippen MR) is 120 cm³/mol. The normalized spacial score (nSPS) is 20.2. The molecule has 0 saturated carbocycles. The smallest absolute Gasteiger partial charge is 0.261 e. The minimum absolute atomic E-state index is 0.0521. The Morgan fingerprint density at radius 3 is 1.88 bits per heavy atom. The molecule has 2 atom stereocenters. The molecule has 1 aliphatic rings. The molecule has 1 heterocycles. The van der Waals surface area contributed by atoms with Crippen molar-refractivity contribution in [2.45, 2.75) is 50.9 Å². The highest BCUT2D eigenvalue weighted by Gasteiger charge is 2.50. The molecule has 2 aromatic rings. The van der Waals surface area contributed by atoms with Crippen molar-refractivity contribution in [1.29, 1.82) is 0 Å². The Kier molecular flexibility index (Phi) is 6.59. The Hall–Kier alpha value is -0.693. The largest absolute Gasteiger partial charge is 0.407 e. The molecule has 2 aromatic carbocycles. The summed E-state index contributed by atoms with van der Waals surface area (Å²) in [6.07, 6.45) is 3.09. The molecule has 1 fully saturated rings. The van der Waals surface area contributed by atoms with Gasteiger partial charge in [-0.2, -0.15) is 0 Å². The van der Waals surface area contributed by atoms with Gasteiger partial charge in [0.15, 0.2) is 0 Å². The van der Waals surface area contributed by atoms with E-state index in [1.807, 2.05) is 0 Å². The molecule has 0 N–H and O–H groups in total. The summed E-state index contributed by atoms with van der Waals surface area (Å²) in [4.78, 5) is 0. The van der Waals surface area contributed by atoms with Crippen molar-refractivity contribution in [3.05, 3.63) is 60.7 Å². The molecule has 26 heavy (non-hydrogen) atoms. The molecule has 0 spiro atoms.